The minimum Gasteiger partial charge on any atom is -0.494 e. The van der Waals surface area contributed by atoms with E-state index >= 15 is 0 Å². The summed E-state index contributed by atoms with van der Waals surface area (Å²) >= 11 is 0. The van der Waals surface area contributed by atoms with Crippen molar-refractivity contribution in [3.05, 3.63) is 87.6 Å². The number of ether oxygens (including phenoxy) is 1. The summed E-state index contributed by atoms with van der Waals surface area (Å²) in [5, 5.41) is 0. The number of rotatable bonds is 7. The summed E-state index contributed by atoms with van der Waals surface area (Å²) in [6, 6.07) is 14.1. The molecule has 0 fully saturated rings. The third-order valence-electron chi connectivity index (χ3n) is 6.46. The van der Waals surface area contributed by atoms with Crippen LogP contribution >= 0.6 is 0 Å². The first-order valence-corrected chi connectivity index (χ1v) is 13.2. The van der Waals surface area contributed by atoms with Gasteiger partial charge in [0.1, 0.15) is 0 Å². The SMILES string of the molecule is CCn1ccc2c(c1=O)C(Cc1cccc(-c3cccc(OC)c3F)c1)C(NS(C)(=O)=O)CC2. The van der Waals surface area contributed by atoms with Crippen LogP contribution in [0.4, 0.5) is 4.39 Å². The Labute approximate surface area is 199 Å². The van der Waals surface area contributed by atoms with E-state index in [-0.39, 0.29) is 17.2 Å². The Morgan fingerprint density at radius 3 is 2.65 bits per heavy atom. The number of methoxy groups -OCH3 is 1. The van der Waals surface area contributed by atoms with Crippen molar-refractivity contribution >= 4 is 10.0 Å². The van der Waals surface area contributed by atoms with Crippen LogP contribution in [0.3, 0.4) is 0 Å². The zero-order valence-electron chi connectivity index (χ0n) is 19.5. The Balaban J connectivity index is 1.77. The first-order chi connectivity index (χ1) is 16.2. The lowest BCUT2D eigenvalue weighted by molar-refractivity contribution is 0.387. The zero-order valence-corrected chi connectivity index (χ0v) is 20.4. The third kappa shape index (κ3) is 4.93. The number of benzene rings is 2. The fourth-order valence-electron chi connectivity index (χ4n) is 4.88. The van der Waals surface area contributed by atoms with Gasteiger partial charge in [-0.25, -0.2) is 17.5 Å². The Morgan fingerprint density at radius 2 is 1.94 bits per heavy atom. The van der Waals surface area contributed by atoms with Gasteiger partial charge in [0.2, 0.25) is 10.0 Å². The molecule has 180 valence electrons. The van der Waals surface area contributed by atoms with Gasteiger partial charge in [-0.15, -0.1) is 0 Å². The average Bonchev–Trinajstić information content (AvgIpc) is 2.80. The van der Waals surface area contributed by atoms with Gasteiger partial charge in [-0.2, -0.15) is 0 Å². The number of sulfonamides is 1. The predicted octanol–water partition coefficient (Wildman–Crippen LogP) is 3.87. The van der Waals surface area contributed by atoms with E-state index in [0.29, 0.717) is 42.5 Å². The van der Waals surface area contributed by atoms with E-state index in [1.54, 1.807) is 29.0 Å². The van der Waals surface area contributed by atoms with Gasteiger partial charge in [-0.05, 0) is 55.0 Å². The van der Waals surface area contributed by atoms with E-state index in [2.05, 4.69) is 4.72 Å². The van der Waals surface area contributed by atoms with E-state index < -0.39 is 21.9 Å². The second kappa shape index (κ2) is 9.72. The van der Waals surface area contributed by atoms with Crippen LogP contribution in [0, 0.1) is 5.82 Å². The molecule has 4 rings (SSSR count). The molecule has 0 bridgehead atoms. The molecule has 1 aromatic heterocycles. The Kier molecular flexibility index (Phi) is 6.91. The van der Waals surface area contributed by atoms with E-state index in [9.17, 15) is 17.6 Å². The largest absolute Gasteiger partial charge is 0.494 e. The minimum absolute atomic E-state index is 0.0833. The number of nitrogens with zero attached hydrogens (tertiary/aromatic N) is 1. The van der Waals surface area contributed by atoms with Gasteiger partial charge >= 0.3 is 0 Å². The van der Waals surface area contributed by atoms with Crippen LogP contribution in [0.5, 0.6) is 5.75 Å². The molecule has 2 unspecified atom stereocenters. The van der Waals surface area contributed by atoms with Crippen LogP contribution in [-0.2, 0) is 29.4 Å². The minimum atomic E-state index is -3.47. The molecule has 34 heavy (non-hydrogen) atoms. The monoisotopic (exact) mass is 484 g/mol. The molecule has 1 N–H and O–H groups in total. The summed E-state index contributed by atoms with van der Waals surface area (Å²) in [5.74, 6) is -0.607. The molecule has 6 nitrogen and oxygen atoms in total. The van der Waals surface area contributed by atoms with Crippen LogP contribution in [0.15, 0.2) is 59.5 Å². The molecular formula is C26H29FN2O4S. The van der Waals surface area contributed by atoms with E-state index in [1.807, 2.05) is 37.3 Å². The number of aryl methyl sites for hydroxylation is 2. The molecule has 2 atom stereocenters. The maximum Gasteiger partial charge on any atom is 0.254 e. The fourth-order valence-corrected chi connectivity index (χ4v) is 5.71. The summed E-state index contributed by atoms with van der Waals surface area (Å²) in [4.78, 5) is 13.3. The van der Waals surface area contributed by atoms with Crippen molar-refractivity contribution in [2.24, 2.45) is 0 Å². The van der Waals surface area contributed by atoms with E-state index in [0.717, 1.165) is 17.4 Å². The van der Waals surface area contributed by atoms with Gasteiger partial charge in [0.05, 0.1) is 13.4 Å². The van der Waals surface area contributed by atoms with Crippen LogP contribution < -0.4 is 15.0 Å². The summed E-state index contributed by atoms with van der Waals surface area (Å²) in [5.41, 5.74) is 3.54. The van der Waals surface area contributed by atoms with Gasteiger partial charge in [0, 0.05) is 35.8 Å². The number of hydrogen-bond donors (Lipinski definition) is 1. The predicted molar refractivity (Wildman–Crippen MR) is 131 cm³/mol. The van der Waals surface area contributed by atoms with E-state index in [4.69, 9.17) is 4.74 Å². The Hall–Kier alpha value is -2.97. The lowest BCUT2D eigenvalue weighted by Gasteiger charge is -2.33. The lowest BCUT2D eigenvalue weighted by Crippen LogP contribution is -2.45. The molecule has 1 aliphatic rings. The molecule has 3 aromatic rings. The second-order valence-corrected chi connectivity index (χ2v) is 10.5. The van der Waals surface area contributed by atoms with Crippen LogP contribution in [0.2, 0.25) is 0 Å². The first kappa shape index (κ1) is 24.2. The van der Waals surface area contributed by atoms with Crippen molar-refractivity contribution < 1.29 is 17.5 Å². The van der Waals surface area contributed by atoms with Gasteiger partial charge in [0.25, 0.3) is 5.56 Å². The van der Waals surface area contributed by atoms with E-state index in [1.165, 1.54) is 7.11 Å². The van der Waals surface area contributed by atoms with Crippen molar-refractivity contribution in [3.63, 3.8) is 0 Å². The molecule has 2 aromatic carbocycles. The highest BCUT2D eigenvalue weighted by Crippen LogP contribution is 2.35. The van der Waals surface area contributed by atoms with Gasteiger partial charge in [0.15, 0.2) is 11.6 Å². The van der Waals surface area contributed by atoms with Crippen molar-refractivity contribution in [2.75, 3.05) is 13.4 Å². The molecule has 0 spiro atoms. The number of aromatic nitrogens is 1. The normalized spacial score (nSPS) is 17.9. The number of nitrogens with one attached hydrogen (secondary N) is 1. The standard InChI is InChI=1S/C26H29FN2O4S/c1-4-29-14-13-18-11-12-22(28-34(3,31)32)21(24(18)26(29)30)16-17-7-5-8-19(15-17)20-9-6-10-23(33-2)25(20)27/h5-10,13-15,21-22,28H,4,11-12,16H2,1-3H3. The number of hydrogen-bond acceptors (Lipinski definition) is 4. The second-order valence-electron chi connectivity index (χ2n) is 8.71. The third-order valence-corrected chi connectivity index (χ3v) is 7.19. The van der Waals surface area contributed by atoms with Crippen LogP contribution in [0.1, 0.15) is 36.0 Å². The quantitative estimate of drug-likeness (QED) is 0.552. The molecule has 0 aliphatic heterocycles. The zero-order chi connectivity index (χ0) is 24.5. The molecule has 0 amide bonds. The molecule has 0 saturated heterocycles. The summed E-state index contributed by atoms with van der Waals surface area (Å²) in [6.45, 7) is 2.44. The molecular weight excluding hydrogens is 455 g/mol. The van der Waals surface area contributed by atoms with Crippen LogP contribution in [-0.4, -0.2) is 32.4 Å². The maximum atomic E-state index is 14.9. The van der Waals surface area contributed by atoms with Crippen molar-refractivity contribution in [2.45, 2.75) is 44.7 Å². The molecule has 0 saturated carbocycles. The summed E-state index contributed by atoms with van der Waals surface area (Å²) in [6.07, 6.45) is 4.62. The Bertz CT molecular complexity index is 1370. The average molecular weight is 485 g/mol. The van der Waals surface area contributed by atoms with Gasteiger partial charge in [-0.1, -0.05) is 36.4 Å². The summed E-state index contributed by atoms with van der Waals surface area (Å²) < 4.78 is 48.6. The van der Waals surface area contributed by atoms with Gasteiger partial charge < -0.3 is 9.30 Å². The first-order valence-electron chi connectivity index (χ1n) is 11.3. The fraction of sp³-hybridized carbons (Fsp3) is 0.346. The highest BCUT2D eigenvalue weighted by Gasteiger charge is 2.34. The molecule has 1 aliphatic carbocycles. The molecule has 1 heterocycles. The Morgan fingerprint density at radius 1 is 1.18 bits per heavy atom. The van der Waals surface area contributed by atoms with Crippen LogP contribution in [0.25, 0.3) is 11.1 Å². The van der Waals surface area contributed by atoms with Crippen molar-refractivity contribution in [3.8, 4) is 16.9 Å². The number of halogens is 1. The molecule has 0 radical (unpaired) electrons. The smallest absolute Gasteiger partial charge is 0.254 e. The highest BCUT2D eigenvalue weighted by atomic mass is 32.2. The number of pyridine rings is 1. The van der Waals surface area contributed by atoms with Gasteiger partial charge in [-0.3, -0.25) is 4.79 Å². The van der Waals surface area contributed by atoms with Crippen molar-refractivity contribution in [1.82, 2.24) is 9.29 Å². The molecule has 8 heteroatoms. The topological polar surface area (TPSA) is 77.4 Å². The highest BCUT2D eigenvalue weighted by molar-refractivity contribution is 7.88. The van der Waals surface area contributed by atoms with Crippen molar-refractivity contribution in [1.29, 1.82) is 0 Å². The summed E-state index contributed by atoms with van der Waals surface area (Å²) in [7, 11) is -2.04. The number of fused-ring (bicyclic) bond motifs is 1. The lowest BCUT2D eigenvalue weighted by atomic mass is 9.77. The maximum absolute atomic E-state index is 14.9.